The van der Waals surface area contributed by atoms with Crippen molar-refractivity contribution in [3.05, 3.63) is 69.2 Å². The van der Waals surface area contributed by atoms with Gasteiger partial charge in [0.2, 0.25) is 11.8 Å². The van der Waals surface area contributed by atoms with Crippen molar-refractivity contribution < 1.29 is 9.59 Å². The molecule has 0 aliphatic heterocycles. The minimum absolute atomic E-state index is 0.106. The highest BCUT2D eigenvalue weighted by Crippen LogP contribution is 2.23. The molecule has 2 aromatic carbocycles. The molecule has 0 radical (unpaired) electrons. The number of carbonyl (C=O) groups is 2. The first-order valence-corrected chi connectivity index (χ1v) is 11.2. The van der Waals surface area contributed by atoms with Crippen LogP contribution in [0, 0.1) is 6.92 Å². The zero-order valence-corrected chi connectivity index (χ0v) is 19.0. The van der Waals surface area contributed by atoms with Crippen molar-refractivity contribution in [1.29, 1.82) is 0 Å². The second-order valence-electron chi connectivity index (χ2n) is 8.03. The zero-order valence-electron chi connectivity index (χ0n) is 17.5. The number of rotatable bonds is 7. The van der Waals surface area contributed by atoms with Crippen LogP contribution >= 0.6 is 23.2 Å². The minimum atomic E-state index is -0.580. The summed E-state index contributed by atoms with van der Waals surface area (Å²) in [5.74, 6) is -0.248. The second kappa shape index (κ2) is 10.3. The highest BCUT2D eigenvalue weighted by molar-refractivity contribution is 6.35. The molecule has 0 saturated heterocycles. The van der Waals surface area contributed by atoms with Crippen molar-refractivity contribution in [3.8, 4) is 0 Å². The fraction of sp³-hybridized carbons (Fsp3) is 0.417. The number of nitrogens with one attached hydrogen (secondary N) is 1. The topological polar surface area (TPSA) is 49.4 Å². The molecule has 4 nitrogen and oxygen atoms in total. The number of carbonyl (C=O) groups excluding carboxylic acids is 2. The summed E-state index contributed by atoms with van der Waals surface area (Å²) in [6.07, 6.45) is 4.40. The number of hydrogen-bond donors (Lipinski definition) is 1. The van der Waals surface area contributed by atoms with E-state index in [1.165, 1.54) is 0 Å². The summed E-state index contributed by atoms with van der Waals surface area (Å²) < 4.78 is 0. The van der Waals surface area contributed by atoms with Crippen LogP contribution in [0.3, 0.4) is 0 Å². The van der Waals surface area contributed by atoms with E-state index in [9.17, 15) is 9.59 Å². The molecule has 0 spiro atoms. The van der Waals surface area contributed by atoms with E-state index in [1.54, 1.807) is 30.0 Å². The lowest BCUT2D eigenvalue weighted by Crippen LogP contribution is -2.50. The molecule has 1 saturated carbocycles. The number of amides is 2. The van der Waals surface area contributed by atoms with E-state index in [2.05, 4.69) is 5.32 Å². The number of nitrogens with zero attached hydrogens (tertiary/aromatic N) is 1. The van der Waals surface area contributed by atoms with Crippen molar-refractivity contribution in [2.24, 2.45) is 0 Å². The summed E-state index contributed by atoms with van der Waals surface area (Å²) in [5, 5.41) is 4.10. The van der Waals surface area contributed by atoms with Crippen molar-refractivity contribution in [3.63, 3.8) is 0 Å². The normalized spacial score (nSPS) is 15.1. The maximum Gasteiger partial charge on any atom is 0.242 e. The van der Waals surface area contributed by atoms with Gasteiger partial charge in [-0.1, -0.05) is 66.4 Å². The molecule has 0 unspecified atom stereocenters. The first-order valence-electron chi connectivity index (χ1n) is 10.4. The van der Waals surface area contributed by atoms with Gasteiger partial charge in [-0.2, -0.15) is 0 Å². The molecule has 0 aromatic heterocycles. The first-order chi connectivity index (χ1) is 14.3. The summed E-state index contributed by atoms with van der Waals surface area (Å²) in [6.45, 7) is 4.18. The molecule has 3 rings (SSSR count). The van der Waals surface area contributed by atoms with Crippen LogP contribution in [0.2, 0.25) is 10.0 Å². The van der Waals surface area contributed by atoms with Gasteiger partial charge < -0.3 is 10.2 Å². The third-order valence-electron chi connectivity index (χ3n) is 5.83. The number of halogens is 2. The van der Waals surface area contributed by atoms with E-state index in [-0.39, 0.29) is 24.3 Å². The standard InChI is InChI=1S/C24H28Cl2N2O2/c1-16-7-3-4-8-19(16)15-28(17(2)24(30)27-21-9-5-6-10-21)23(29)13-18-11-12-20(25)14-22(18)26/h3-4,7-8,11-12,14,17,21H,5-6,9-10,13,15H2,1-2H3,(H,27,30)/t17-/m1/s1. The van der Waals surface area contributed by atoms with E-state index in [0.717, 1.165) is 36.8 Å². The van der Waals surface area contributed by atoms with Gasteiger partial charge in [0, 0.05) is 22.6 Å². The quantitative estimate of drug-likeness (QED) is 0.625. The van der Waals surface area contributed by atoms with Gasteiger partial charge in [0.1, 0.15) is 6.04 Å². The van der Waals surface area contributed by atoms with Crippen molar-refractivity contribution in [2.75, 3.05) is 0 Å². The predicted molar refractivity (Wildman–Crippen MR) is 122 cm³/mol. The Morgan fingerprint density at radius 1 is 1.10 bits per heavy atom. The molecule has 1 fully saturated rings. The highest BCUT2D eigenvalue weighted by Gasteiger charge is 2.29. The zero-order chi connectivity index (χ0) is 21.7. The molecular formula is C24H28Cl2N2O2. The van der Waals surface area contributed by atoms with Gasteiger partial charge in [0.05, 0.1) is 6.42 Å². The predicted octanol–water partition coefficient (Wildman–Crippen LogP) is 5.32. The summed E-state index contributed by atoms with van der Waals surface area (Å²) in [4.78, 5) is 27.9. The molecule has 30 heavy (non-hydrogen) atoms. The van der Waals surface area contributed by atoms with Gasteiger partial charge >= 0.3 is 0 Å². The first kappa shape index (κ1) is 22.6. The summed E-state index contributed by atoms with van der Waals surface area (Å²) >= 11 is 12.3. The molecule has 2 aromatic rings. The van der Waals surface area contributed by atoms with Gasteiger partial charge in [-0.15, -0.1) is 0 Å². The third-order valence-corrected chi connectivity index (χ3v) is 6.41. The van der Waals surface area contributed by atoms with E-state index in [0.29, 0.717) is 22.2 Å². The fourth-order valence-electron chi connectivity index (χ4n) is 3.88. The lowest BCUT2D eigenvalue weighted by Gasteiger charge is -2.30. The molecule has 0 heterocycles. The van der Waals surface area contributed by atoms with Crippen molar-refractivity contribution in [1.82, 2.24) is 10.2 Å². The molecule has 1 N–H and O–H groups in total. The SMILES string of the molecule is Cc1ccccc1CN(C(=O)Cc1ccc(Cl)cc1Cl)[C@H](C)C(=O)NC1CCCC1. The lowest BCUT2D eigenvalue weighted by molar-refractivity contribution is -0.140. The van der Waals surface area contributed by atoms with Crippen LogP contribution in [0.4, 0.5) is 0 Å². The Bertz CT molecular complexity index is 910. The van der Waals surface area contributed by atoms with E-state index < -0.39 is 6.04 Å². The van der Waals surface area contributed by atoms with Crippen LogP contribution < -0.4 is 5.32 Å². The molecule has 1 aliphatic rings. The van der Waals surface area contributed by atoms with Crippen LogP contribution in [-0.4, -0.2) is 28.8 Å². The second-order valence-corrected chi connectivity index (χ2v) is 8.87. The summed E-state index contributed by atoms with van der Waals surface area (Å²) in [5.41, 5.74) is 2.81. The number of hydrogen-bond acceptors (Lipinski definition) is 2. The molecule has 1 atom stereocenters. The van der Waals surface area contributed by atoms with Crippen molar-refractivity contribution in [2.45, 2.75) is 64.6 Å². The third kappa shape index (κ3) is 5.77. The van der Waals surface area contributed by atoms with Gasteiger partial charge in [-0.3, -0.25) is 9.59 Å². The Morgan fingerprint density at radius 2 is 1.80 bits per heavy atom. The highest BCUT2D eigenvalue weighted by atomic mass is 35.5. The van der Waals surface area contributed by atoms with E-state index in [4.69, 9.17) is 23.2 Å². The Balaban J connectivity index is 1.81. The Kier molecular flexibility index (Phi) is 7.79. The summed E-state index contributed by atoms with van der Waals surface area (Å²) in [7, 11) is 0. The maximum absolute atomic E-state index is 13.3. The summed E-state index contributed by atoms with van der Waals surface area (Å²) in [6, 6.07) is 12.7. The molecule has 160 valence electrons. The Hall–Kier alpha value is -2.04. The van der Waals surface area contributed by atoms with Crippen LogP contribution in [0.5, 0.6) is 0 Å². The molecular weight excluding hydrogens is 419 g/mol. The monoisotopic (exact) mass is 446 g/mol. The molecule has 0 bridgehead atoms. The van der Waals surface area contributed by atoms with Gasteiger partial charge in [-0.25, -0.2) is 0 Å². The molecule has 1 aliphatic carbocycles. The molecule has 6 heteroatoms. The number of benzene rings is 2. The van der Waals surface area contributed by atoms with Gasteiger partial charge in [0.15, 0.2) is 0 Å². The van der Waals surface area contributed by atoms with Crippen LogP contribution in [0.15, 0.2) is 42.5 Å². The van der Waals surface area contributed by atoms with E-state index in [1.807, 2.05) is 31.2 Å². The van der Waals surface area contributed by atoms with Gasteiger partial charge in [-0.05, 0) is 55.5 Å². The number of aryl methyl sites for hydroxylation is 1. The largest absolute Gasteiger partial charge is 0.352 e. The minimum Gasteiger partial charge on any atom is -0.352 e. The molecule has 2 amide bonds. The van der Waals surface area contributed by atoms with E-state index >= 15 is 0 Å². The van der Waals surface area contributed by atoms with Gasteiger partial charge in [0.25, 0.3) is 0 Å². The average Bonchev–Trinajstić information content (AvgIpc) is 3.22. The smallest absolute Gasteiger partial charge is 0.242 e. The fourth-order valence-corrected chi connectivity index (χ4v) is 4.35. The van der Waals surface area contributed by atoms with Crippen molar-refractivity contribution >= 4 is 35.0 Å². The Morgan fingerprint density at radius 3 is 2.47 bits per heavy atom. The van der Waals surface area contributed by atoms with Crippen LogP contribution in [-0.2, 0) is 22.6 Å². The van der Waals surface area contributed by atoms with Crippen LogP contribution in [0.1, 0.15) is 49.3 Å². The Labute approximate surface area is 188 Å². The maximum atomic E-state index is 13.3. The lowest BCUT2D eigenvalue weighted by atomic mass is 10.1. The van der Waals surface area contributed by atoms with Crippen LogP contribution in [0.25, 0.3) is 0 Å². The average molecular weight is 447 g/mol.